The van der Waals surface area contributed by atoms with Crippen molar-refractivity contribution in [2.75, 3.05) is 0 Å². The number of hydrogen-bond donors (Lipinski definition) is 1. The summed E-state index contributed by atoms with van der Waals surface area (Å²) in [7, 11) is 0. The lowest BCUT2D eigenvalue weighted by molar-refractivity contribution is -0.120. The minimum atomic E-state index is -0.0281. The zero-order chi connectivity index (χ0) is 20.1. The summed E-state index contributed by atoms with van der Waals surface area (Å²) >= 11 is 1.57. The molecule has 1 amide bonds. The minimum absolute atomic E-state index is 0.0281. The highest BCUT2D eigenvalue weighted by atomic mass is 32.1. The van der Waals surface area contributed by atoms with Gasteiger partial charge >= 0.3 is 0 Å². The van der Waals surface area contributed by atoms with E-state index in [1.165, 1.54) is 5.56 Å². The van der Waals surface area contributed by atoms with E-state index in [9.17, 15) is 4.79 Å². The second-order valence-corrected chi connectivity index (χ2v) is 7.79. The number of benzene rings is 2. The zero-order valence-corrected chi connectivity index (χ0v) is 17.0. The largest absolute Gasteiger partial charge is 0.352 e. The van der Waals surface area contributed by atoms with E-state index in [0.717, 1.165) is 27.4 Å². The lowest BCUT2D eigenvalue weighted by atomic mass is 10.1. The maximum absolute atomic E-state index is 12.4. The van der Waals surface area contributed by atoms with Crippen LogP contribution in [0, 0.1) is 6.92 Å². The molecule has 2 heterocycles. The molecule has 0 saturated heterocycles. The molecule has 29 heavy (non-hydrogen) atoms. The monoisotopic (exact) mass is 402 g/mol. The fourth-order valence-electron chi connectivity index (χ4n) is 3.09. The number of nitrogens with zero attached hydrogens (tertiary/aromatic N) is 3. The van der Waals surface area contributed by atoms with Crippen LogP contribution in [0.15, 0.2) is 72.4 Å². The summed E-state index contributed by atoms with van der Waals surface area (Å²) in [6.45, 7) is 3.24. The Kier molecular flexibility index (Phi) is 5.81. The molecule has 0 fully saturated rings. The van der Waals surface area contributed by atoms with Crippen LogP contribution in [-0.2, 0) is 24.3 Å². The molecule has 0 aliphatic carbocycles. The van der Waals surface area contributed by atoms with Gasteiger partial charge in [0.05, 0.1) is 18.7 Å². The number of rotatable bonds is 7. The molecule has 6 heteroatoms. The predicted molar refractivity (Wildman–Crippen MR) is 116 cm³/mol. The molecule has 2 aromatic carbocycles. The van der Waals surface area contributed by atoms with Gasteiger partial charge in [-0.25, -0.2) is 4.98 Å². The van der Waals surface area contributed by atoms with Gasteiger partial charge in [0.25, 0.3) is 0 Å². The SMILES string of the molecule is Cc1ccc(-c2nc(CC(=O)NCc3ccccc3Cn3cccn3)cs2)cc1. The van der Waals surface area contributed by atoms with Crippen LogP contribution in [0.5, 0.6) is 0 Å². The van der Waals surface area contributed by atoms with Gasteiger partial charge < -0.3 is 5.32 Å². The maximum Gasteiger partial charge on any atom is 0.226 e. The molecule has 0 aliphatic heterocycles. The van der Waals surface area contributed by atoms with E-state index in [2.05, 4.69) is 52.7 Å². The number of hydrogen-bond acceptors (Lipinski definition) is 4. The third kappa shape index (κ3) is 4.97. The highest BCUT2D eigenvalue weighted by Gasteiger charge is 2.10. The fourth-order valence-corrected chi connectivity index (χ4v) is 3.92. The number of carbonyl (C=O) groups excluding carboxylic acids is 1. The topological polar surface area (TPSA) is 59.8 Å². The second kappa shape index (κ2) is 8.84. The molecule has 0 unspecified atom stereocenters. The van der Waals surface area contributed by atoms with Crippen LogP contribution >= 0.6 is 11.3 Å². The Morgan fingerprint density at radius 1 is 1.07 bits per heavy atom. The Morgan fingerprint density at radius 3 is 2.62 bits per heavy atom. The summed E-state index contributed by atoms with van der Waals surface area (Å²) in [6, 6.07) is 18.3. The lowest BCUT2D eigenvalue weighted by Gasteiger charge is -2.10. The van der Waals surface area contributed by atoms with E-state index in [1.807, 2.05) is 40.5 Å². The summed E-state index contributed by atoms with van der Waals surface area (Å²) < 4.78 is 1.88. The molecule has 0 radical (unpaired) electrons. The Balaban J connectivity index is 1.36. The molecule has 1 N–H and O–H groups in total. The number of amides is 1. The molecule has 4 aromatic rings. The molecule has 2 aromatic heterocycles. The highest BCUT2D eigenvalue weighted by molar-refractivity contribution is 7.13. The van der Waals surface area contributed by atoms with E-state index in [-0.39, 0.29) is 12.3 Å². The summed E-state index contributed by atoms with van der Waals surface area (Å²) in [5, 5.41) is 10.2. The van der Waals surface area contributed by atoms with Gasteiger partial charge in [-0.2, -0.15) is 5.10 Å². The van der Waals surface area contributed by atoms with Gasteiger partial charge in [0.2, 0.25) is 5.91 Å². The van der Waals surface area contributed by atoms with Crippen molar-refractivity contribution >= 4 is 17.2 Å². The van der Waals surface area contributed by atoms with E-state index < -0.39 is 0 Å². The van der Waals surface area contributed by atoms with Gasteiger partial charge in [0.1, 0.15) is 5.01 Å². The van der Waals surface area contributed by atoms with Crippen molar-refractivity contribution < 1.29 is 4.79 Å². The van der Waals surface area contributed by atoms with E-state index in [0.29, 0.717) is 13.1 Å². The first kappa shape index (κ1) is 19.1. The van der Waals surface area contributed by atoms with Gasteiger partial charge in [0.15, 0.2) is 0 Å². The van der Waals surface area contributed by atoms with Crippen LogP contribution in [0.3, 0.4) is 0 Å². The van der Waals surface area contributed by atoms with Gasteiger partial charge in [-0.3, -0.25) is 9.48 Å². The molecule has 4 rings (SSSR count). The summed E-state index contributed by atoms with van der Waals surface area (Å²) in [5.41, 5.74) is 5.34. The zero-order valence-electron chi connectivity index (χ0n) is 16.2. The van der Waals surface area contributed by atoms with Crippen LogP contribution < -0.4 is 5.32 Å². The minimum Gasteiger partial charge on any atom is -0.352 e. The van der Waals surface area contributed by atoms with E-state index in [1.54, 1.807) is 17.5 Å². The van der Waals surface area contributed by atoms with Crippen LogP contribution in [0.1, 0.15) is 22.4 Å². The van der Waals surface area contributed by atoms with Gasteiger partial charge in [-0.1, -0.05) is 54.1 Å². The number of aryl methyl sites for hydroxylation is 1. The average molecular weight is 403 g/mol. The molecule has 0 bridgehead atoms. The van der Waals surface area contributed by atoms with Gasteiger partial charge in [0, 0.05) is 29.9 Å². The molecule has 0 aliphatic rings. The summed E-state index contributed by atoms with van der Waals surface area (Å²) in [6.07, 6.45) is 3.98. The molecule has 0 saturated carbocycles. The molecular formula is C23H22N4OS. The first-order chi connectivity index (χ1) is 14.2. The van der Waals surface area contributed by atoms with Crippen LogP contribution in [0.25, 0.3) is 10.6 Å². The van der Waals surface area contributed by atoms with Crippen LogP contribution in [0.4, 0.5) is 0 Å². The average Bonchev–Trinajstić information content (AvgIpc) is 3.40. The summed E-state index contributed by atoms with van der Waals surface area (Å²) in [5.74, 6) is -0.0281. The number of aromatic nitrogens is 3. The Morgan fingerprint density at radius 2 is 1.86 bits per heavy atom. The molecule has 5 nitrogen and oxygen atoms in total. The first-order valence-corrected chi connectivity index (χ1v) is 10.4. The number of nitrogens with one attached hydrogen (secondary N) is 1. The normalized spacial score (nSPS) is 10.8. The van der Waals surface area contributed by atoms with Gasteiger partial charge in [-0.05, 0) is 24.1 Å². The van der Waals surface area contributed by atoms with E-state index >= 15 is 0 Å². The van der Waals surface area contributed by atoms with Crippen molar-refractivity contribution in [1.29, 1.82) is 0 Å². The maximum atomic E-state index is 12.4. The second-order valence-electron chi connectivity index (χ2n) is 6.94. The van der Waals surface area contributed by atoms with Crippen molar-refractivity contribution in [1.82, 2.24) is 20.1 Å². The predicted octanol–water partition coefficient (Wildman–Crippen LogP) is 4.22. The molecule has 0 atom stereocenters. The summed E-state index contributed by atoms with van der Waals surface area (Å²) in [4.78, 5) is 17.1. The van der Waals surface area contributed by atoms with Crippen molar-refractivity contribution in [2.45, 2.75) is 26.4 Å². The van der Waals surface area contributed by atoms with Crippen LogP contribution in [0.2, 0.25) is 0 Å². The molecule has 146 valence electrons. The lowest BCUT2D eigenvalue weighted by Crippen LogP contribution is -2.25. The standard InChI is InChI=1S/C23H22N4OS/c1-17-7-9-18(10-8-17)23-26-21(16-29-23)13-22(28)24-14-19-5-2-3-6-20(19)15-27-12-4-11-25-27/h2-12,16H,13-15H2,1H3,(H,24,28). The molecule has 0 spiro atoms. The van der Waals surface area contributed by atoms with E-state index in [4.69, 9.17) is 0 Å². The van der Waals surface area contributed by atoms with Gasteiger partial charge in [-0.15, -0.1) is 11.3 Å². The molecular weight excluding hydrogens is 380 g/mol. The van der Waals surface area contributed by atoms with Crippen molar-refractivity contribution in [3.63, 3.8) is 0 Å². The smallest absolute Gasteiger partial charge is 0.226 e. The Hall–Kier alpha value is -3.25. The van der Waals surface area contributed by atoms with Crippen molar-refractivity contribution in [3.05, 3.63) is 94.8 Å². The Labute approximate surface area is 174 Å². The third-order valence-corrected chi connectivity index (χ3v) is 5.62. The van der Waals surface area contributed by atoms with Crippen molar-refractivity contribution in [3.8, 4) is 10.6 Å². The first-order valence-electron chi connectivity index (χ1n) is 9.50. The fraction of sp³-hybridized carbons (Fsp3) is 0.174. The Bertz CT molecular complexity index is 1080. The third-order valence-electron chi connectivity index (χ3n) is 4.68. The highest BCUT2D eigenvalue weighted by Crippen LogP contribution is 2.24. The van der Waals surface area contributed by atoms with Crippen molar-refractivity contribution in [2.24, 2.45) is 0 Å². The number of thiazole rings is 1. The van der Waals surface area contributed by atoms with Crippen LogP contribution in [-0.4, -0.2) is 20.7 Å². The number of carbonyl (C=O) groups is 1. The quantitative estimate of drug-likeness (QED) is 0.503.